The van der Waals surface area contributed by atoms with Crippen LogP contribution in [0.4, 0.5) is 0 Å². The number of hydrogen-bond acceptors (Lipinski definition) is 3. The summed E-state index contributed by atoms with van der Waals surface area (Å²) in [6, 6.07) is 9.88. The Hall–Kier alpha value is -1.68. The van der Waals surface area contributed by atoms with Crippen molar-refractivity contribution in [3.63, 3.8) is 0 Å². The van der Waals surface area contributed by atoms with E-state index in [1.54, 1.807) is 0 Å². The molecule has 3 rings (SSSR count). The van der Waals surface area contributed by atoms with Gasteiger partial charge in [-0.25, -0.2) is 9.78 Å². The van der Waals surface area contributed by atoms with E-state index in [4.69, 9.17) is 0 Å². The van der Waals surface area contributed by atoms with Crippen LogP contribution in [-0.4, -0.2) is 16.1 Å². The number of aromatic carboxylic acids is 1. The summed E-state index contributed by atoms with van der Waals surface area (Å²) in [4.78, 5) is 16.2. The summed E-state index contributed by atoms with van der Waals surface area (Å²) in [7, 11) is 0. The van der Waals surface area contributed by atoms with Crippen molar-refractivity contribution in [2.24, 2.45) is 0 Å². The van der Waals surface area contributed by atoms with Crippen LogP contribution in [0.1, 0.15) is 44.7 Å². The van der Waals surface area contributed by atoms with Crippen molar-refractivity contribution in [1.82, 2.24) is 4.98 Å². The van der Waals surface area contributed by atoms with Crippen LogP contribution >= 0.6 is 11.3 Å². The van der Waals surface area contributed by atoms with Gasteiger partial charge in [0, 0.05) is 12.3 Å². The predicted molar refractivity (Wildman–Crippen MR) is 70.3 cm³/mol. The van der Waals surface area contributed by atoms with Crippen molar-refractivity contribution in [2.75, 3.05) is 0 Å². The molecule has 2 aromatic rings. The molecule has 1 saturated carbocycles. The van der Waals surface area contributed by atoms with Crippen LogP contribution in [0.3, 0.4) is 0 Å². The smallest absolute Gasteiger partial charge is 0.347 e. The number of carboxylic acid groups (broad SMARTS) is 1. The molecule has 0 saturated heterocycles. The van der Waals surface area contributed by atoms with E-state index in [1.165, 1.54) is 11.3 Å². The van der Waals surface area contributed by atoms with Gasteiger partial charge in [0.15, 0.2) is 0 Å². The lowest BCUT2D eigenvalue weighted by atomic mass is 10.1. The maximum Gasteiger partial charge on any atom is 0.347 e. The molecule has 92 valence electrons. The normalized spacial score (nSPS) is 14.7. The number of benzene rings is 1. The lowest BCUT2D eigenvalue weighted by molar-refractivity contribution is 0.0701. The molecule has 4 heteroatoms. The fourth-order valence-electron chi connectivity index (χ4n) is 1.95. The number of thiazole rings is 1. The Balaban J connectivity index is 1.92. The molecular weight excluding hydrogens is 246 g/mol. The van der Waals surface area contributed by atoms with Gasteiger partial charge in [0.25, 0.3) is 0 Å². The molecule has 0 aliphatic heterocycles. The summed E-state index contributed by atoms with van der Waals surface area (Å²) in [5.41, 5.74) is 1.81. The van der Waals surface area contributed by atoms with Crippen LogP contribution in [0.15, 0.2) is 30.3 Å². The molecule has 1 heterocycles. The van der Waals surface area contributed by atoms with E-state index in [0.29, 0.717) is 22.9 Å². The minimum absolute atomic E-state index is 0.403. The Kier molecular flexibility index (Phi) is 2.88. The Morgan fingerprint density at radius 1 is 1.33 bits per heavy atom. The summed E-state index contributed by atoms with van der Waals surface area (Å²) in [6.45, 7) is 0. The standard InChI is InChI=1S/C14H13NO2S/c16-14(17)12-11(8-9-4-2-1-3-5-9)15-13(18-12)10-6-7-10/h1-5,10H,6-8H2,(H,16,17). The molecule has 1 aliphatic rings. The van der Waals surface area contributed by atoms with Crippen LogP contribution in [0.2, 0.25) is 0 Å². The second-order valence-electron chi connectivity index (χ2n) is 4.57. The topological polar surface area (TPSA) is 50.2 Å². The number of carbonyl (C=O) groups is 1. The average molecular weight is 259 g/mol. The molecular formula is C14H13NO2S. The minimum Gasteiger partial charge on any atom is -0.477 e. The first-order chi connectivity index (χ1) is 8.74. The lowest BCUT2D eigenvalue weighted by Gasteiger charge is -1.99. The third-order valence-corrected chi connectivity index (χ3v) is 4.30. The average Bonchev–Trinajstić information content (AvgIpc) is 3.12. The summed E-state index contributed by atoms with van der Waals surface area (Å²) in [5.74, 6) is -0.344. The van der Waals surface area contributed by atoms with Gasteiger partial charge in [-0.1, -0.05) is 30.3 Å². The number of nitrogens with zero attached hydrogens (tertiary/aromatic N) is 1. The second kappa shape index (κ2) is 4.53. The number of aromatic nitrogens is 1. The van der Waals surface area contributed by atoms with E-state index in [1.807, 2.05) is 30.3 Å². The van der Waals surface area contributed by atoms with E-state index in [0.717, 1.165) is 23.4 Å². The second-order valence-corrected chi connectivity index (χ2v) is 5.60. The van der Waals surface area contributed by atoms with Crippen LogP contribution < -0.4 is 0 Å². The van der Waals surface area contributed by atoms with E-state index < -0.39 is 5.97 Å². The molecule has 0 amide bonds. The Morgan fingerprint density at radius 3 is 2.67 bits per heavy atom. The van der Waals surface area contributed by atoms with Crippen LogP contribution in [0, 0.1) is 0 Å². The number of rotatable bonds is 4. The summed E-state index contributed by atoms with van der Waals surface area (Å²) >= 11 is 1.35. The van der Waals surface area contributed by atoms with Gasteiger partial charge in [-0.15, -0.1) is 11.3 Å². The van der Waals surface area contributed by atoms with Crippen LogP contribution in [0.5, 0.6) is 0 Å². The van der Waals surface area contributed by atoms with Crippen molar-refractivity contribution in [3.8, 4) is 0 Å². The van der Waals surface area contributed by atoms with Crippen molar-refractivity contribution >= 4 is 17.3 Å². The van der Waals surface area contributed by atoms with Gasteiger partial charge >= 0.3 is 5.97 Å². The molecule has 1 aliphatic carbocycles. The minimum atomic E-state index is -0.856. The first kappa shape index (κ1) is 11.4. The quantitative estimate of drug-likeness (QED) is 0.916. The largest absolute Gasteiger partial charge is 0.477 e. The predicted octanol–water partition coefficient (Wildman–Crippen LogP) is 3.31. The van der Waals surface area contributed by atoms with E-state index in [9.17, 15) is 9.90 Å². The van der Waals surface area contributed by atoms with Crippen molar-refractivity contribution in [1.29, 1.82) is 0 Å². The van der Waals surface area contributed by atoms with Gasteiger partial charge in [0.05, 0.1) is 10.7 Å². The maximum absolute atomic E-state index is 11.2. The summed E-state index contributed by atoms with van der Waals surface area (Å²) in [6.07, 6.45) is 2.90. The molecule has 1 aromatic heterocycles. The van der Waals surface area contributed by atoms with Gasteiger partial charge in [0.2, 0.25) is 0 Å². The maximum atomic E-state index is 11.2. The monoisotopic (exact) mass is 259 g/mol. The Bertz CT molecular complexity index is 573. The molecule has 18 heavy (non-hydrogen) atoms. The zero-order valence-electron chi connectivity index (χ0n) is 9.80. The third kappa shape index (κ3) is 2.29. The van der Waals surface area contributed by atoms with Crippen molar-refractivity contribution in [3.05, 3.63) is 51.5 Å². The number of carboxylic acids is 1. The first-order valence-electron chi connectivity index (χ1n) is 6.01. The zero-order chi connectivity index (χ0) is 12.5. The fraction of sp³-hybridized carbons (Fsp3) is 0.286. The fourth-order valence-corrected chi connectivity index (χ4v) is 3.04. The van der Waals surface area contributed by atoms with Crippen molar-refractivity contribution in [2.45, 2.75) is 25.2 Å². The third-order valence-electron chi connectivity index (χ3n) is 3.05. The molecule has 0 unspecified atom stereocenters. The summed E-state index contributed by atoms with van der Waals surface area (Å²) in [5, 5.41) is 10.2. The highest BCUT2D eigenvalue weighted by Gasteiger charge is 2.29. The van der Waals surface area contributed by atoms with Gasteiger partial charge in [0.1, 0.15) is 4.88 Å². The van der Waals surface area contributed by atoms with Crippen molar-refractivity contribution < 1.29 is 9.90 Å². The molecule has 0 bridgehead atoms. The molecule has 0 atom stereocenters. The highest BCUT2D eigenvalue weighted by Crippen LogP contribution is 2.42. The van der Waals surface area contributed by atoms with Gasteiger partial charge in [-0.3, -0.25) is 0 Å². The Labute approximate surface area is 109 Å². The van der Waals surface area contributed by atoms with E-state index in [-0.39, 0.29) is 0 Å². The van der Waals surface area contributed by atoms with Gasteiger partial charge in [-0.05, 0) is 18.4 Å². The van der Waals surface area contributed by atoms with Gasteiger partial charge in [-0.2, -0.15) is 0 Å². The molecule has 0 radical (unpaired) electrons. The number of hydrogen-bond donors (Lipinski definition) is 1. The van der Waals surface area contributed by atoms with Crippen LogP contribution in [0.25, 0.3) is 0 Å². The Morgan fingerprint density at radius 2 is 2.06 bits per heavy atom. The highest BCUT2D eigenvalue weighted by atomic mass is 32.1. The molecule has 1 aromatic carbocycles. The SMILES string of the molecule is O=C(O)c1sc(C2CC2)nc1Cc1ccccc1. The lowest BCUT2D eigenvalue weighted by Crippen LogP contribution is -1.99. The molecule has 3 nitrogen and oxygen atoms in total. The highest BCUT2D eigenvalue weighted by molar-refractivity contribution is 7.13. The first-order valence-corrected chi connectivity index (χ1v) is 6.82. The molecule has 0 spiro atoms. The molecule has 1 fully saturated rings. The van der Waals surface area contributed by atoms with E-state index in [2.05, 4.69) is 4.98 Å². The van der Waals surface area contributed by atoms with E-state index >= 15 is 0 Å². The zero-order valence-corrected chi connectivity index (χ0v) is 10.6. The van der Waals surface area contributed by atoms with Gasteiger partial charge < -0.3 is 5.11 Å². The summed E-state index contributed by atoms with van der Waals surface area (Å²) < 4.78 is 0. The molecule has 1 N–H and O–H groups in total. The van der Waals surface area contributed by atoms with Crippen LogP contribution in [-0.2, 0) is 6.42 Å².